The van der Waals surface area contributed by atoms with Gasteiger partial charge in [0.2, 0.25) is 5.78 Å². The number of carbonyl (C=O) groups excluding carboxylic acids is 1. The van der Waals surface area contributed by atoms with E-state index >= 15 is 0 Å². The van der Waals surface area contributed by atoms with E-state index < -0.39 is 17.4 Å². The minimum atomic E-state index is -2.39. The largest absolute Gasteiger partial charge is 0.497 e. The van der Waals surface area contributed by atoms with Crippen molar-refractivity contribution in [2.75, 3.05) is 28.4 Å². The molecule has 0 amide bonds. The highest BCUT2D eigenvalue weighted by Crippen LogP contribution is 2.47. The summed E-state index contributed by atoms with van der Waals surface area (Å²) in [6.07, 6.45) is 0. The Kier molecular flexibility index (Phi) is 4.62. The molecule has 2 atom stereocenters. The molecule has 0 fully saturated rings. The maximum Gasteiger partial charge on any atom is 0.304 e. The molecule has 0 aromatic heterocycles. The Morgan fingerprint density at radius 3 is 2.04 bits per heavy atom. The molecule has 2 aromatic rings. The predicted molar refractivity (Wildman–Crippen MR) is 91.6 cm³/mol. The van der Waals surface area contributed by atoms with Crippen LogP contribution < -0.4 is 14.2 Å². The zero-order valence-corrected chi connectivity index (χ0v) is 14.9. The molecular formula is C19H20O7. The van der Waals surface area contributed by atoms with Crippen LogP contribution in [0.5, 0.6) is 17.2 Å². The lowest BCUT2D eigenvalue weighted by Gasteiger charge is -2.46. The van der Waals surface area contributed by atoms with Crippen molar-refractivity contribution < 1.29 is 33.6 Å². The molecule has 7 heteroatoms. The van der Waals surface area contributed by atoms with Gasteiger partial charge < -0.3 is 28.8 Å². The lowest BCUT2D eigenvalue weighted by molar-refractivity contribution is -0.346. The summed E-state index contributed by atoms with van der Waals surface area (Å²) in [5.74, 6) is -3.66. The van der Waals surface area contributed by atoms with Crippen LogP contribution in [0.25, 0.3) is 0 Å². The molecule has 2 aromatic carbocycles. The van der Waals surface area contributed by atoms with Crippen molar-refractivity contribution in [2.45, 2.75) is 11.6 Å². The molecule has 0 bridgehead atoms. The Morgan fingerprint density at radius 2 is 1.50 bits per heavy atom. The molecule has 138 valence electrons. The number of hydrogen-bond acceptors (Lipinski definition) is 7. The van der Waals surface area contributed by atoms with Crippen LogP contribution in [0.2, 0.25) is 0 Å². The van der Waals surface area contributed by atoms with Crippen molar-refractivity contribution in [3.05, 3.63) is 53.6 Å². The number of Topliss-reactive ketones (excluding diaryl/α,β-unsaturated/α-hetero) is 1. The first-order valence-electron chi connectivity index (χ1n) is 7.84. The third-order valence-electron chi connectivity index (χ3n) is 4.49. The van der Waals surface area contributed by atoms with Crippen LogP contribution in [-0.4, -0.2) is 45.1 Å². The molecule has 0 aliphatic carbocycles. The van der Waals surface area contributed by atoms with Crippen LogP contribution in [0.1, 0.15) is 15.9 Å². The molecule has 1 aliphatic heterocycles. The molecular weight excluding hydrogens is 340 g/mol. The number of ether oxygens (including phenoxy) is 5. The second-order valence-electron chi connectivity index (χ2n) is 5.69. The van der Waals surface area contributed by atoms with E-state index in [1.54, 1.807) is 36.4 Å². The smallest absolute Gasteiger partial charge is 0.304 e. The number of ketones is 1. The molecule has 0 radical (unpaired) electrons. The van der Waals surface area contributed by atoms with E-state index in [1.165, 1.54) is 34.5 Å². The fraction of sp³-hybridized carbons (Fsp3) is 0.316. The topological polar surface area (TPSA) is 83.5 Å². The lowest BCUT2D eigenvalue weighted by Crippen LogP contribution is -2.64. The van der Waals surface area contributed by atoms with Gasteiger partial charge in [-0.3, -0.25) is 4.79 Å². The lowest BCUT2D eigenvalue weighted by atomic mass is 9.86. The molecule has 26 heavy (non-hydrogen) atoms. The van der Waals surface area contributed by atoms with Crippen molar-refractivity contribution in [3.63, 3.8) is 0 Å². The van der Waals surface area contributed by atoms with Crippen LogP contribution in [0.4, 0.5) is 0 Å². The average Bonchev–Trinajstić information content (AvgIpc) is 2.70. The fourth-order valence-corrected chi connectivity index (χ4v) is 3.05. The summed E-state index contributed by atoms with van der Waals surface area (Å²) >= 11 is 0. The van der Waals surface area contributed by atoms with E-state index in [2.05, 4.69) is 0 Å². The minimum absolute atomic E-state index is 0.163. The van der Waals surface area contributed by atoms with Gasteiger partial charge in [-0.05, 0) is 36.4 Å². The quantitative estimate of drug-likeness (QED) is 0.818. The van der Waals surface area contributed by atoms with E-state index in [0.717, 1.165) is 0 Å². The summed E-state index contributed by atoms with van der Waals surface area (Å²) < 4.78 is 27.1. The predicted octanol–water partition coefficient (Wildman–Crippen LogP) is 2.11. The van der Waals surface area contributed by atoms with Gasteiger partial charge in [0.1, 0.15) is 17.2 Å². The number of fused-ring (bicyclic) bond motifs is 1. The molecule has 1 heterocycles. The van der Waals surface area contributed by atoms with Crippen molar-refractivity contribution in [1.29, 1.82) is 0 Å². The highest BCUT2D eigenvalue weighted by Gasteiger charge is 2.64. The molecule has 0 saturated carbocycles. The van der Waals surface area contributed by atoms with E-state index in [0.29, 0.717) is 17.1 Å². The fourth-order valence-electron chi connectivity index (χ4n) is 3.05. The van der Waals surface area contributed by atoms with Crippen LogP contribution >= 0.6 is 0 Å². The maximum atomic E-state index is 13.0. The van der Waals surface area contributed by atoms with E-state index in [9.17, 15) is 9.90 Å². The van der Waals surface area contributed by atoms with E-state index in [1.807, 2.05) is 0 Å². The SMILES string of the molecule is COc1ccc([C@]2(OC)Oc3cc(OC)ccc3C(=O)[C@]2(O)OC)cc1. The Morgan fingerprint density at radius 1 is 0.885 bits per heavy atom. The monoisotopic (exact) mass is 360 g/mol. The van der Waals surface area contributed by atoms with Gasteiger partial charge in [0.15, 0.2) is 0 Å². The molecule has 3 rings (SSSR count). The van der Waals surface area contributed by atoms with Crippen LogP contribution in [0, 0.1) is 0 Å². The maximum absolute atomic E-state index is 13.0. The number of hydrogen-bond donors (Lipinski definition) is 1. The van der Waals surface area contributed by atoms with Gasteiger partial charge in [-0.25, -0.2) is 0 Å². The highest BCUT2D eigenvalue weighted by molar-refractivity contribution is 6.05. The summed E-state index contributed by atoms with van der Waals surface area (Å²) in [6.45, 7) is 0. The first-order chi connectivity index (χ1) is 12.5. The Bertz CT molecular complexity index is 817. The molecule has 7 nitrogen and oxygen atoms in total. The summed E-state index contributed by atoms with van der Waals surface area (Å²) in [4.78, 5) is 13.0. The summed E-state index contributed by atoms with van der Waals surface area (Å²) in [5.41, 5.74) is 0.545. The average molecular weight is 360 g/mol. The first-order valence-corrected chi connectivity index (χ1v) is 7.84. The molecule has 0 spiro atoms. The van der Waals surface area contributed by atoms with Gasteiger partial charge in [0.25, 0.3) is 5.79 Å². The number of benzene rings is 2. The van der Waals surface area contributed by atoms with Crippen molar-refractivity contribution >= 4 is 5.78 Å². The van der Waals surface area contributed by atoms with Crippen LogP contribution in [-0.2, 0) is 15.3 Å². The van der Waals surface area contributed by atoms with Gasteiger partial charge in [-0.2, -0.15) is 0 Å². The summed E-state index contributed by atoms with van der Waals surface area (Å²) in [7, 11) is 5.58. The molecule has 0 saturated heterocycles. The van der Waals surface area contributed by atoms with Gasteiger partial charge in [-0.15, -0.1) is 0 Å². The third kappa shape index (κ3) is 2.44. The summed E-state index contributed by atoms with van der Waals surface area (Å²) in [6, 6.07) is 11.3. The Labute approximate surface area is 151 Å². The molecule has 1 aliphatic rings. The highest BCUT2D eigenvalue weighted by atomic mass is 16.8. The second kappa shape index (κ2) is 6.60. The molecule has 1 N–H and O–H groups in total. The van der Waals surface area contributed by atoms with Gasteiger partial charge in [-0.1, -0.05) is 0 Å². The zero-order valence-electron chi connectivity index (χ0n) is 14.9. The minimum Gasteiger partial charge on any atom is -0.497 e. The van der Waals surface area contributed by atoms with E-state index in [-0.39, 0.29) is 11.3 Å². The molecule has 0 unspecified atom stereocenters. The Balaban J connectivity index is 2.22. The van der Waals surface area contributed by atoms with Gasteiger partial charge in [0.05, 0.1) is 19.8 Å². The Hall–Kier alpha value is -2.61. The normalized spacial score (nSPS) is 24.6. The van der Waals surface area contributed by atoms with Crippen molar-refractivity contribution in [2.24, 2.45) is 0 Å². The van der Waals surface area contributed by atoms with Gasteiger partial charge in [0, 0.05) is 25.8 Å². The van der Waals surface area contributed by atoms with Crippen molar-refractivity contribution in [1.82, 2.24) is 0 Å². The summed E-state index contributed by atoms with van der Waals surface area (Å²) in [5, 5.41) is 11.1. The van der Waals surface area contributed by atoms with Gasteiger partial charge >= 0.3 is 5.79 Å². The van der Waals surface area contributed by atoms with E-state index in [4.69, 9.17) is 23.7 Å². The van der Waals surface area contributed by atoms with Crippen molar-refractivity contribution in [3.8, 4) is 17.2 Å². The standard InChI is InChI=1S/C19H20O7/c1-22-13-7-5-12(6-8-13)19(25-4)18(21,24-3)17(20)15-10-9-14(23-2)11-16(15)26-19/h5-11,21H,1-4H3/t18-,19-/m0/s1. The third-order valence-corrected chi connectivity index (χ3v) is 4.49. The van der Waals surface area contributed by atoms with Crippen LogP contribution in [0.3, 0.4) is 0 Å². The number of carbonyl (C=O) groups is 1. The first kappa shape index (κ1) is 18.2. The zero-order chi connectivity index (χ0) is 18.9. The number of methoxy groups -OCH3 is 4. The number of rotatable bonds is 5. The number of aliphatic hydroxyl groups is 1. The second-order valence-corrected chi connectivity index (χ2v) is 5.69. The van der Waals surface area contributed by atoms with Crippen LogP contribution in [0.15, 0.2) is 42.5 Å².